The van der Waals surface area contributed by atoms with Crippen molar-refractivity contribution in [2.75, 3.05) is 31.5 Å². The summed E-state index contributed by atoms with van der Waals surface area (Å²) in [6.45, 7) is 4.60. The number of hydrogen-bond donors (Lipinski definition) is 1. The number of carbonyl (C=O) groups is 3. The van der Waals surface area contributed by atoms with Gasteiger partial charge in [-0.25, -0.2) is 0 Å². The van der Waals surface area contributed by atoms with Gasteiger partial charge >= 0.3 is 0 Å². The molecule has 0 radical (unpaired) electrons. The molecule has 1 unspecified atom stereocenters. The second-order valence-corrected chi connectivity index (χ2v) is 9.19. The van der Waals surface area contributed by atoms with Crippen LogP contribution in [0.15, 0.2) is 24.3 Å². The Morgan fingerprint density at radius 3 is 2.35 bits per heavy atom. The SMILES string of the molecule is Cc1ccc(NC(=O)c2nnc(C(=O)N3CCCC(C(=O)N4CCCCC4)C3)s2)cc1. The maximum Gasteiger partial charge on any atom is 0.286 e. The summed E-state index contributed by atoms with van der Waals surface area (Å²) in [5.41, 5.74) is 1.76. The van der Waals surface area contributed by atoms with Crippen LogP contribution in [0.2, 0.25) is 0 Å². The molecule has 1 atom stereocenters. The Morgan fingerprint density at radius 1 is 0.935 bits per heavy atom. The normalized spacial score (nSPS) is 19.2. The van der Waals surface area contributed by atoms with Crippen LogP contribution in [0.4, 0.5) is 5.69 Å². The number of aryl methyl sites for hydroxylation is 1. The topological polar surface area (TPSA) is 95.5 Å². The van der Waals surface area contributed by atoms with E-state index in [1.54, 1.807) is 4.90 Å². The van der Waals surface area contributed by atoms with Crippen LogP contribution in [-0.4, -0.2) is 63.9 Å². The first kappa shape index (κ1) is 21.4. The molecule has 0 bridgehead atoms. The molecule has 2 saturated heterocycles. The predicted octanol–water partition coefficient (Wildman–Crippen LogP) is 2.96. The smallest absolute Gasteiger partial charge is 0.286 e. The fourth-order valence-electron chi connectivity index (χ4n) is 4.09. The van der Waals surface area contributed by atoms with E-state index in [2.05, 4.69) is 15.5 Å². The van der Waals surface area contributed by atoms with Crippen LogP contribution in [0.25, 0.3) is 0 Å². The van der Waals surface area contributed by atoms with Crippen molar-refractivity contribution >= 4 is 34.7 Å². The van der Waals surface area contributed by atoms with E-state index < -0.39 is 5.91 Å². The van der Waals surface area contributed by atoms with E-state index in [4.69, 9.17) is 0 Å². The summed E-state index contributed by atoms with van der Waals surface area (Å²) in [5.74, 6) is -0.652. The Bertz CT molecular complexity index is 952. The molecule has 9 heteroatoms. The third-order valence-electron chi connectivity index (χ3n) is 5.84. The number of aromatic nitrogens is 2. The molecule has 1 aromatic heterocycles. The largest absolute Gasteiger partial charge is 0.342 e. The number of carbonyl (C=O) groups excluding carboxylic acids is 3. The lowest BCUT2D eigenvalue weighted by atomic mass is 9.95. The number of nitrogens with zero attached hydrogens (tertiary/aromatic N) is 4. The number of nitrogens with one attached hydrogen (secondary N) is 1. The van der Waals surface area contributed by atoms with Gasteiger partial charge in [-0.2, -0.15) is 0 Å². The quantitative estimate of drug-likeness (QED) is 0.787. The fourth-order valence-corrected chi connectivity index (χ4v) is 4.80. The summed E-state index contributed by atoms with van der Waals surface area (Å²) >= 11 is 0.982. The van der Waals surface area contributed by atoms with E-state index in [-0.39, 0.29) is 27.7 Å². The molecule has 4 rings (SSSR count). The molecule has 1 N–H and O–H groups in total. The lowest BCUT2D eigenvalue weighted by Crippen LogP contribution is -2.47. The molecular weight excluding hydrogens is 414 g/mol. The Morgan fingerprint density at radius 2 is 1.61 bits per heavy atom. The molecule has 3 heterocycles. The molecule has 2 fully saturated rings. The van der Waals surface area contributed by atoms with Gasteiger partial charge in [-0.1, -0.05) is 29.0 Å². The molecule has 164 valence electrons. The predicted molar refractivity (Wildman–Crippen MR) is 118 cm³/mol. The van der Waals surface area contributed by atoms with Gasteiger partial charge in [0.1, 0.15) is 0 Å². The Hall–Kier alpha value is -2.81. The van der Waals surface area contributed by atoms with Gasteiger partial charge in [0.25, 0.3) is 11.8 Å². The Balaban J connectivity index is 1.37. The standard InChI is InChI=1S/C22H27N5O3S/c1-15-7-9-17(10-8-15)23-18(28)19-24-25-20(31-19)22(30)27-13-5-6-16(14-27)21(29)26-11-3-2-4-12-26/h7-10,16H,2-6,11-14H2,1H3,(H,23,28). The van der Waals surface area contributed by atoms with Crippen LogP contribution in [0, 0.1) is 12.8 Å². The van der Waals surface area contributed by atoms with Crippen molar-refractivity contribution in [3.8, 4) is 0 Å². The zero-order chi connectivity index (χ0) is 21.8. The Kier molecular flexibility index (Phi) is 6.60. The fraction of sp³-hybridized carbons (Fsp3) is 0.500. The van der Waals surface area contributed by atoms with E-state index in [9.17, 15) is 14.4 Å². The molecule has 0 spiro atoms. The van der Waals surface area contributed by atoms with Gasteiger partial charge in [0.05, 0.1) is 5.92 Å². The summed E-state index contributed by atoms with van der Waals surface area (Å²) in [4.78, 5) is 41.9. The molecule has 2 aromatic rings. The first-order valence-electron chi connectivity index (χ1n) is 10.8. The van der Waals surface area contributed by atoms with Crippen LogP contribution in [0.1, 0.15) is 57.3 Å². The molecule has 0 saturated carbocycles. The third-order valence-corrected chi connectivity index (χ3v) is 6.75. The zero-order valence-corrected chi connectivity index (χ0v) is 18.5. The van der Waals surface area contributed by atoms with Crippen LogP contribution in [-0.2, 0) is 4.79 Å². The minimum atomic E-state index is -0.391. The van der Waals surface area contributed by atoms with Crippen molar-refractivity contribution in [3.63, 3.8) is 0 Å². The number of piperidine rings is 2. The first-order chi connectivity index (χ1) is 15.0. The number of anilines is 1. The van der Waals surface area contributed by atoms with Crippen LogP contribution in [0.3, 0.4) is 0 Å². The summed E-state index contributed by atoms with van der Waals surface area (Å²) < 4.78 is 0. The van der Waals surface area contributed by atoms with Crippen molar-refractivity contribution in [2.24, 2.45) is 5.92 Å². The minimum absolute atomic E-state index is 0.141. The van der Waals surface area contributed by atoms with Gasteiger partial charge < -0.3 is 15.1 Å². The highest BCUT2D eigenvalue weighted by atomic mass is 32.1. The highest BCUT2D eigenvalue weighted by molar-refractivity contribution is 7.15. The lowest BCUT2D eigenvalue weighted by molar-refractivity contribution is -0.137. The highest BCUT2D eigenvalue weighted by Gasteiger charge is 2.33. The molecule has 0 aliphatic carbocycles. The van der Waals surface area contributed by atoms with Crippen molar-refractivity contribution < 1.29 is 14.4 Å². The summed E-state index contributed by atoms with van der Waals surface area (Å²) in [5, 5.41) is 10.9. The first-order valence-corrected chi connectivity index (χ1v) is 11.6. The minimum Gasteiger partial charge on any atom is -0.342 e. The van der Waals surface area contributed by atoms with Gasteiger partial charge in [-0.05, 0) is 51.2 Å². The van der Waals surface area contributed by atoms with Gasteiger partial charge in [-0.15, -0.1) is 10.2 Å². The number of likely N-dealkylation sites (tertiary alicyclic amines) is 2. The number of rotatable bonds is 4. The molecule has 8 nitrogen and oxygen atoms in total. The second kappa shape index (κ2) is 9.55. The van der Waals surface area contributed by atoms with Gasteiger partial charge in [0.15, 0.2) is 0 Å². The number of hydrogen-bond acceptors (Lipinski definition) is 6. The second-order valence-electron chi connectivity index (χ2n) is 8.21. The average Bonchev–Trinajstić information content (AvgIpc) is 3.31. The van der Waals surface area contributed by atoms with Gasteiger partial charge in [-0.3, -0.25) is 14.4 Å². The lowest BCUT2D eigenvalue weighted by Gasteiger charge is -2.35. The zero-order valence-electron chi connectivity index (χ0n) is 17.7. The van der Waals surface area contributed by atoms with Crippen molar-refractivity contribution in [1.29, 1.82) is 0 Å². The van der Waals surface area contributed by atoms with Crippen LogP contribution >= 0.6 is 11.3 Å². The van der Waals surface area contributed by atoms with Gasteiger partial charge in [0.2, 0.25) is 15.9 Å². The van der Waals surface area contributed by atoms with E-state index >= 15 is 0 Å². The molecule has 2 aliphatic rings. The van der Waals surface area contributed by atoms with Crippen molar-refractivity contribution in [1.82, 2.24) is 20.0 Å². The molecule has 1 aromatic carbocycles. The molecule has 31 heavy (non-hydrogen) atoms. The summed E-state index contributed by atoms with van der Waals surface area (Å²) in [6.07, 6.45) is 4.88. The molecular formula is C22H27N5O3S. The van der Waals surface area contributed by atoms with Crippen LogP contribution in [0.5, 0.6) is 0 Å². The van der Waals surface area contributed by atoms with Crippen LogP contribution < -0.4 is 5.32 Å². The van der Waals surface area contributed by atoms with E-state index in [1.165, 1.54) is 6.42 Å². The summed E-state index contributed by atoms with van der Waals surface area (Å²) in [6, 6.07) is 7.44. The molecule has 2 aliphatic heterocycles. The Labute approximate surface area is 185 Å². The van der Waals surface area contributed by atoms with Gasteiger partial charge in [0, 0.05) is 31.9 Å². The third kappa shape index (κ3) is 5.10. The van der Waals surface area contributed by atoms with E-state index in [0.717, 1.165) is 55.7 Å². The van der Waals surface area contributed by atoms with Crippen molar-refractivity contribution in [2.45, 2.75) is 39.0 Å². The monoisotopic (exact) mass is 441 g/mol. The number of benzene rings is 1. The average molecular weight is 442 g/mol. The van der Waals surface area contributed by atoms with E-state index in [0.29, 0.717) is 18.8 Å². The van der Waals surface area contributed by atoms with Crippen molar-refractivity contribution in [3.05, 3.63) is 39.8 Å². The number of amides is 3. The maximum atomic E-state index is 13.0. The van der Waals surface area contributed by atoms with E-state index in [1.807, 2.05) is 36.1 Å². The maximum absolute atomic E-state index is 13.0. The summed E-state index contributed by atoms with van der Waals surface area (Å²) in [7, 11) is 0. The highest BCUT2D eigenvalue weighted by Crippen LogP contribution is 2.23. The molecule has 3 amide bonds.